The summed E-state index contributed by atoms with van der Waals surface area (Å²) in [7, 11) is 0. The van der Waals surface area contributed by atoms with Gasteiger partial charge in [-0.15, -0.1) is 0 Å². The Labute approximate surface area is 86.5 Å². The molecule has 0 spiro atoms. The van der Waals surface area contributed by atoms with Crippen molar-refractivity contribution in [3.63, 3.8) is 0 Å². The summed E-state index contributed by atoms with van der Waals surface area (Å²) in [5.41, 5.74) is 6.97. The van der Waals surface area contributed by atoms with Crippen molar-refractivity contribution >= 4 is 0 Å². The second-order valence-corrected chi connectivity index (χ2v) is 4.36. The first-order chi connectivity index (χ1) is 6.55. The van der Waals surface area contributed by atoms with Gasteiger partial charge < -0.3 is 11.1 Å². The van der Waals surface area contributed by atoms with Gasteiger partial charge in [-0.05, 0) is 26.3 Å². The van der Waals surface area contributed by atoms with Gasteiger partial charge in [0.2, 0.25) is 0 Å². The van der Waals surface area contributed by atoms with Crippen LogP contribution < -0.4 is 11.1 Å². The Kier molecular flexibility index (Phi) is 3.67. The van der Waals surface area contributed by atoms with Gasteiger partial charge in [-0.3, -0.25) is 0 Å². The van der Waals surface area contributed by atoms with Crippen LogP contribution in [0, 0.1) is 0 Å². The van der Waals surface area contributed by atoms with Crippen molar-refractivity contribution in [3.05, 3.63) is 35.9 Å². The summed E-state index contributed by atoms with van der Waals surface area (Å²) in [5, 5.41) is 3.50. The van der Waals surface area contributed by atoms with E-state index in [1.165, 1.54) is 5.56 Å². The Morgan fingerprint density at radius 1 is 1.29 bits per heavy atom. The summed E-state index contributed by atoms with van der Waals surface area (Å²) < 4.78 is 0. The molecule has 0 fully saturated rings. The summed E-state index contributed by atoms with van der Waals surface area (Å²) >= 11 is 0. The smallest absolute Gasteiger partial charge is 0.0297 e. The van der Waals surface area contributed by atoms with Crippen LogP contribution in [0.4, 0.5) is 0 Å². The fraction of sp³-hybridized carbons (Fsp3) is 0.500. The first-order valence-corrected chi connectivity index (χ1v) is 5.08. The molecule has 0 saturated carbocycles. The number of rotatable bonds is 4. The topological polar surface area (TPSA) is 38.0 Å². The van der Waals surface area contributed by atoms with Gasteiger partial charge in [0, 0.05) is 18.1 Å². The third-order valence-electron chi connectivity index (χ3n) is 2.42. The van der Waals surface area contributed by atoms with Crippen LogP contribution in [-0.4, -0.2) is 12.1 Å². The minimum absolute atomic E-state index is 0.00470. The van der Waals surface area contributed by atoms with Crippen molar-refractivity contribution in [3.8, 4) is 0 Å². The molecule has 0 aliphatic heterocycles. The molecular formula is C12H20N2. The van der Waals surface area contributed by atoms with E-state index in [9.17, 15) is 0 Å². The van der Waals surface area contributed by atoms with Crippen molar-refractivity contribution < 1.29 is 0 Å². The molecule has 1 aromatic rings. The van der Waals surface area contributed by atoms with E-state index in [2.05, 4.69) is 50.4 Å². The van der Waals surface area contributed by atoms with E-state index in [0.29, 0.717) is 12.6 Å². The molecule has 0 aliphatic rings. The number of hydrogen-bond donors (Lipinski definition) is 2. The fourth-order valence-electron chi connectivity index (χ4n) is 1.47. The van der Waals surface area contributed by atoms with Gasteiger partial charge in [0.25, 0.3) is 0 Å². The van der Waals surface area contributed by atoms with Crippen molar-refractivity contribution in [1.29, 1.82) is 0 Å². The van der Waals surface area contributed by atoms with Crippen LogP contribution in [0.1, 0.15) is 32.4 Å². The molecule has 0 amide bonds. The zero-order valence-corrected chi connectivity index (χ0v) is 9.25. The predicted molar refractivity (Wildman–Crippen MR) is 61.1 cm³/mol. The summed E-state index contributed by atoms with van der Waals surface area (Å²) in [6.45, 7) is 7.04. The molecule has 1 atom stereocenters. The van der Waals surface area contributed by atoms with Gasteiger partial charge in [0.05, 0.1) is 0 Å². The molecule has 78 valence electrons. The number of benzene rings is 1. The second kappa shape index (κ2) is 4.58. The molecule has 0 heterocycles. The highest BCUT2D eigenvalue weighted by Crippen LogP contribution is 2.15. The van der Waals surface area contributed by atoms with Crippen LogP contribution in [0.2, 0.25) is 0 Å². The van der Waals surface area contributed by atoms with Gasteiger partial charge in [-0.25, -0.2) is 0 Å². The van der Waals surface area contributed by atoms with Gasteiger partial charge in [0.15, 0.2) is 0 Å². The number of hydrogen-bond acceptors (Lipinski definition) is 2. The molecular weight excluding hydrogens is 172 g/mol. The zero-order chi connectivity index (χ0) is 10.6. The Morgan fingerprint density at radius 3 is 2.36 bits per heavy atom. The van der Waals surface area contributed by atoms with E-state index in [4.69, 9.17) is 5.73 Å². The first kappa shape index (κ1) is 11.2. The monoisotopic (exact) mass is 192 g/mol. The molecule has 1 rings (SSSR count). The second-order valence-electron chi connectivity index (χ2n) is 4.36. The van der Waals surface area contributed by atoms with Crippen LogP contribution in [0.5, 0.6) is 0 Å². The summed E-state index contributed by atoms with van der Waals surface area (Å²) in [4.78, 5) is 0. The van der Waals surface area contributed by atoms with Crippen LogP contribution in [0.3, 0.4) is 0 Å². The molecule has 0 aliphatic carbocycles. The summed E-state index contributed by atoms with van der Waals surface area (Å²) in [6.07, 6.45) is 0. The highest BCUT2D eigenvalue weighted by atomic mass is 15.0. The normalized spacial score (nSPS) is 14.0. The van der Waals surface area contributed by atoms with E-state index >= 15 is 0 Å². The molecule has 2 heteroatoms. The van der Waals surface area contributed by atoms with E-state index in [-0.39, 0.29) is 5.54 Å². The van der Waals surface area contributed by atoms with Crippen molar-refractivity contribution in [2.24, 2.45) is 5.73 Å². The van der Waals surface area contributed by atoms with E-state index < -0.39 is 0 Å². The lowest BCUT2D eigenvalue weighted by atomic mass is 10.0. The average Bonchev–Trinajstić information content (AvgIpc) is 2.19. The first-order valence-electron chi connectivity index (χ1n) is 5.08. The minimum atomic E-state index is -0.00470. The Bertz CT molecular complexity index is 267. The molecule has 0 aromatic heterocycles. The number of nitrogens with one attached hydrogen (secondary N) is 1. The third kappa shape index (κ3) is 3.13. The maximum absolute atomic E-state index is 5.67. The molecule has 0 unspecified atom stereocenters. The highest BCUT2D eigenvalue weighted by molar-refractivity contribution is 5.18. The van der Waals surface area contributed by atoms with Gasteiger partial charge in [-0.2, -0.15) is 0 Å². The zero-order valence-electron chi connectivity index (χ0n) is 9.25. The molecule has 0 radical (unpaired) electrons. The maximum Gasteiger partial charge on any atom is 0.0297 e. The molecule has 3 N–H and O–H groups in total. The fourth-order valence-corrected chi connectivity index (χ4v) is 1.47. The number of nitrogens with two attached hydrogens (primary N) is 1. The SMILES string of the molecule is C[C@@H](NC(C)(C)CN)c1ccccc1. The average molecular weight is 192 g/mol. The van der Waals surface area contributed by atoms with E-state index in [1.54, 1.807) is 0 Å². The molecule has 2 nitrogen and oxygen atoms in total. The lowest BCUT2D eigenvalue weighted by Crippen LogP contribution is -2.46. The predicted octanol–water partition coefficient (Wildman–Crippen LogP) is 2.07. The van der Waals surface area contributed by atoms with Crippen LogP contribution in [0.25, 0.3) is 0 Å². The lowest BCUT2D eigenvalue weighted by Gasteiger charge is -2.29. The third-order valence-corrected chi connectivity index (χ3v) is 2.42. The highest BCUT2D eigenvalue weighted by Gasteiger charge is 2.18. The molecule has 1 aromatic carbocycles. The molecule has 14 heavy (non-hydrogen) atoms. The standard InChI is InChI=1S/C12H20N2/c1-10(14-12(2,3)9-13)11-7-5-4-6-8-11/h4-8,10,14H,9,13H2,1-3H3/t10-/m1/s1. The quantitative estimate of drug-likeness (QED) is 0.766. The van der Waals surface area contributed by atoms with Gasteiger partial charge >= 0.3 is 0 Å². The summed E-state index contributed by atoms with van der Waals surface area (Å²) in [6, 6.07) is 10.7. The van der Waals surface area contributed by atoms with Crippen LogP contribution in [-0.2, 0) is 0 Å². The maximum atomic E-state index is 5.67. The van der Waals surface area contributed by atoms with Crippen LogP contribution >= 0.6 is 0 Å². The van der Waals surface area contributed by atoms with Gasteiger partial charge in [0.1, 0.15) is 0 Å². The van der Waals surface area contributed by atoms with Crippen LogP contribution in [0.15, 0.2) is 30.3 Å². The Morgan fingerprint density at radius 2 is 1.86 bits per heavy atom. The van der Waals surface area contributed by atoms with E-state index in [1.807, 2.05) is 6.07 Å². The Hall–Kier alpha value is -0.860. The Balaban J connectivity index is 2.64. The largest absolute Gasteiger partial charge is 0.329 e. The van der Waals surface area contributed by atoms with Gasteiger partial charge in [-0.1, -0.05) is 30.3 Å². The molecule has 0 bridgehead atoms. The minimum Gasteiger partial charge on any atom is -0.329 e. The van der Waals surface area contributed by atoms with Crippen molar-refractivity contribution in [2.75, 3.05) is 6.54 Å². The van der Waals surface area contributed by atoms with Crippen molar-refractivity contribution in [1.82, 2.24) is 5.32 Å². The van der Waals surface area contributed by atoms with Crippen molar-refractivity contribution in [2.45, 2.75) is 32.4 Å². The molecule has 0 saturated heterocycles. The summed E-state index contributed by atoms with van der Waals surface area (Å²) in [5.74, 6) is 0. The van der Waals surface area contributed by atoms with E-state index in [0.717, 1.165) is 0 Å². The lowest BCUT2D eigenvalue weighted by molar-refractivity contribution is 0.356.